The summed E-state index contributed by atoms with van der Waals surface area (Å²) in [5.74, 6) is 0.896. The molecule has 0 amide bonds. The van der Waals surface area contributed by atoms with E-state index in [1.54, 1.807) is 11.3 Å². The number of aromatic nitrogens is 2. The molecule has 6 heteroatoms. The quantitative estimate of drug-likeness (QED) is 0.845. The first kappa shape index (κ1) is 12.9. The predicted molar refractivity (Wildman–Crippen MR) is 75.7 cm³/mol. The van der Waals surface area contributed by atoms with Gasteiger partial charge in [0.2, 0.25) is 0 Å². The zero-order chi connectivity index (χ0) is 13.2. The molecule has 0 spiro atoms. The number of imidazole rings is 1. The number of fused-ring (bicyclic) bond motifs is 1. The molecule has 0 bridgehead atoms. The Kier molecular flexibility index (Phi) is 3.72. The number of hydrogen-bond acceptors (Lipinski definition) is 5. The molecule has 19 heavy (non-hydrogen) atoms. The van der Waals surface area contributed by atoms with E-state index in [9.17, 15) is 5.11 Å². The fraction of sp³-hybridized carbons (Fsp3) is 0.615. The summed E-state index contributed by atoms with van der Waals surface area (Å²) in [7, 11) is 0. The van der Waals surface area contributed by atoms with Crippen molar-refractivity contribution < 1.29 is 10.2 Å². The average Bonchev–Trinajstić information content (AvgIpc) is 2.91. The van der Waals surface area contributed by atoms with Crippen molar-refractivity contribution in [1.29, 1.82) is 0 Å². The Labute approximate surface area is 116 Å². The molecular weight excluding hydrogens is 262 g/mol. The highest BCUT2D eigenvalue weighted by Crippen LogP contribution is 2.32. The van der Waals surface area contributed by atoms with Crippen molar-refractivity contribution in [2.45, 2.75) is 38.3 Å². The van der Waals surface area contributed by atoms with Crippen LogP contribution >= 0.6 is 11.3 Å². The fourth-order valence-corrected chi connectivity index (χ4v) is 3.33. The van der Waals surface area contributed by atoms with Crippen molar-refractivity contribution in [3.8, 4) is 0 Å². The van der Waals surface area contributed by atoms with E-state index in [4.69, 9.17) is 5.11 Å². The first-order valence-corrected chi connectivity index (χ1v) is 7.66. The number of hydrogen-bond donors (Lipinski definition) is 2. The molecule has 0 unspecified atom stereocenters. The fourth-order valence-electron chi connectivity index (χ4n) is 2.60. The van der Waals surface area contributed by atoms with Crippen LogP contribution in [0.2, 0.25) is 0 Å². The molecule has 2 N–H and O–H groups in total. The Morgan fingerprint density at radius 3 is 2.89 bits per heavy atom. The number of thiazole rings is 1. The van der Waals surface area contributed by atoms with Crippen LogP contribution in [0, 0.1) is 0 Å². The maximum absolute atomic E-state index is 9.64. The summed E-state index contributed by atoms with van der Waals surface area (Å²) in [4.78, 5) is 7.86. The third-order valence-electron chi connectivity index (χ3n) is 3.83. The van der Waals surface area contributed by atoms with E-state index in [0.29, 0.717) is 6.04 Å². The molecular formula is C13H19N3O2S. The Bertz CT molecular complexity index is 547. The number of anilines is 1. The lowest BCUT2D eigenvalue weighted by Gasteiger charge is -2.38. The van der Waals surface area contributed by atoms with Gasteiger partial charge in [0.25, 0.3) is 0 Å². The third-order valence-corrected chi connectivity index (χ3v) is 4.59. The maximum atomic E-state index is 9.64. The van der Waals surface area contributed by atoms with Gasteiger partial charge in [-0.25, -0.2) is 4.98 Å². The standard InChI is InChI=1S/C13H19N3O2S/c17-7-2-5-15(10-3-1-4-10)12-11(9-18)16-6-8-19-13(16)14-12/h6,8,10,17-18H,1-5,7,9H2. The van der Waals surface area contributed by atoms with Crippen LogP contribution in [0.15, 0.2) is 11.6 Å². The summed E-state index contributed by atoms with van der Waals surface area (Å²) in [5.41, 5.74) is 0.862. The lowest BCUT2D eigenvalue weighted by atomic mass is 9.91. The van der Waals surface area contributed by atoms with Crippen LogP contribution in [-0.4, -0.2) is 38.8 Å². The van der Waals surface area contributed by atoms with E-state index < -0.39 is 0 Å². The van der Waals surface area contributed by atoms with E-state index in [1.807, 2.05) is 16.0 Å². The second-order valence-electron chi connectivity index (χ2n) is 4.95. The molecule has 1 aliphatic rings. The molecule has 2 aromatic heterocycles. The lowest BCUT2D eigenvalue weighted by Crippen LogP contribution is -2.42. The van der Waals surface area contributed by atoms with Crippen molar-refractivity contribution in [3.05, 3.63) is 17.3 Å². The van der Waals surface area contributed by atoms with Crippen LogP contribution in [0.25, 0.3) is 4.96 Å². The van der Waals surface area contributed by atoms with Gasteiger partial charge in [-0.15, -0.1) is 11.3 Å². The summed E-state index contributed by atoms with van der Waals surface area (Å²) >= 11 is 1.58. The SMILES string of the molecule is OCCCN(c1nc2sccn2c1CO)C1CCC1. The van der Waals surface area contributed by atoms with Crippen LogP contribution in [0.4, 0.5) is 5.82 Å². The summed E-state index contributed by atoms with van der Waals surface area (Å²) in [6.07, 6.45) is 6.32. The highest BCUT2D eigenvalue weighted by molar-refractivity contribution is 7.15. The Hall–Kier alpha value is -1.11. The maximum Gasteiger partial charge on any atom is 0.195 e. The van der Waals surface area contributed by atoms with E-state index in [2.05, 4.69) is 9.88 Å². The number of aliphatic hydroxyl groups excluding tert-OH is 2. The number of nitrogens with zero attached hydrogens (tertiary/aromatic N) is 3. The molecule has 5 nitrogen and oxygen atoms in total. The molecule has 0 atom stereocenters. The van der Waals surface area contributed by atoms with Gasteiger partial charge >= 0.3 is 0 Å². The highest BCUT2D eigenvalue weighted by Gasteiger charge is 2.28. The van der Waals surface area contributed by atoms with Crippen molar-refractivity contribution in [1.82, 2.24) is 9.38 Å². The second kappa shape index (κ2) is 5.48. The van der Waals surface area contributed by atoms with E-state index in [-0.39, 0.29) is 13.2 Å². The molecule has 1 fully saturated rings. The van der Waals surface area contributed by atoms with Gasteiger partial charge < -0.3 is 15.1 Å². The molecule has 0 saturated heterocycles. The Morgan fingerprint density at radius 2 is 2.26 bits per heavy atom. The third kappa shape index (κ3) is 2.24. The minimum atomic E-state index is -0.00439. The average molecular weight is 281 g/mol. The molecule has 0 aliphatic heterocycles. The van der Waals surface area contributed by atoms with Crippen molar-refractivity contribution in [2.24, 2.45) is 0 Å². The second-order valence-corrected chi connectivity index (χ2v) is 5.82. The van der Waals surface area contributed by atoms with Gasteiger partial charge in [0, 0.05) is 30.8 Å². The van der Waals surface area contributed by atoms with Gasteiger partial charge in [-0.2, -0.15) is 0 Å². The minimum absolute atomic E-state index is 0.00439. The highest BCUT2D eigenvalue weighted by atomic mass is 32.1. The summed E-state index contributed by atoms with van der Waals surface area (Å²) in [6.45, 7) is 0.995. The van der Waals surface area contributed by atoms with Gasteiger partial charge in [0.05, 0.1) is 12.3 Å². The monoisotopic (exact) mass is 281 g/mol. The molecule has 2 heterocycles. The zero-order valence-electron chi connectivity index (χ0n) is 10.8. The normalized spacial score (nSPS) is 15.9. The molecule has 2 aromatic rings. The van der Waals surface area contributed by atoms with Crippen LogP contribution in [0.5, 0.6) is 0 Å². The van der Waals surface area contributed by atoms with Crippen molar-refractivity contribution in [3.63, 3.8) is 0 Å². The van der Waals surface area contributed by atoms with E-state index >= 15 is 0 Å². The first-order chi connectivity index (χ1) is 9.35. The molecule has 104 valence electrons. The van der Waals surface area contributed by atoms with Gasteiger partial charge in [0.15, 0.2) is 10.8 Å². The van der Waals surface area contributed by atoms with Crippen LogP contribution < -0.4 is 4.90 Å². The first-order valence-electron chi connectivity index (χ1n) is 6.78. The van der Waals surface area contributed by atoms with Crippen LogP contribution in [-0.2, 0) is 6.61 Å². The predicted octanol–water partition coefficient (Wildman–Crippen LogP) is 1.63. The lowest BCUT2D eigenvalue weighted by molar-refractivity contribution is 0.272. The zero-order valence-corrected chi connectivity index (χ0v) is 11.6. The van der Waals surface area contributed by atoms with Crippen molar-refractivity contribution >= 4 is 22.1 Å². The largest absolute Gasteiger partial charge is 0.396 e. The van der Waals surface area contributed by atoms with E-state index in [0.717, 1.165) is 29.4 Å². The summed E-state index contributed by atoms with van der Waals surface area (Å²) < 4.78 is 1.96. The Balaban J connectivity index is 1.95. The molecule has 0 aromatic carbocycles. The van der Waals surface area contributed by atoms with Gasteiger partial charge in [-0.3, -0.25) is 4.40 Å². The van der Waals surface area contributed by atoms with Crippen LogP contribution in [0.1, 0.15) is 31.4 Å². The van der Waals surface area contributed by atoms with Crippen LogP contribution in [0.3, 0.4) is 0 Å². The van der Waals surface area contributed by atoms with Gasteiger partial charge in [-0.05, 0) is 25.7 Å². The van der Waals surface area contributed by atoms with Crippen molar-refractivity contribution in [2.75, 3.05) is 18.1 Å². The van der Waals surface area contributed by atoms with Gasteiger partial charge in [0.1, 0.15) is 0 Å². The molecule has 0 radical (unpaired) electrons. The number of aliphatic hydroxyl groups is 2. The number of rotatable bonds is 6. The Morgan fingerprint density at radius 1 is 1.42 bits per heavy atom. The summed E-state index contributed by atoms with van der Waals surface area (Å²) in [5, 5.41) is 20.7. The smallest absolute Gasteiger partial charge is 0.195 e. The van der Waals surface area contributed by atoms with E-state index in [1.165, 1.54) is 19.3 Å². The summed E-state index contributed by atoms with van der Waals surface area (Å²) in [6, 6.07) is 0.515. The molecule has 3 rings (SSSR count). The van der Waals surface area contributed by atoms with Gasteiger partial charge in [-0.1, -0.05) is 0 Å². The topological polar surface area (TPSA) is 61.0 Å². The molecule has 1 aliphatic carbocycles. The molecule has 1 saturated carbocycles. The minimum Gasteiger partial charge on any atom is -0.396 e.